The van der Waals surface area contributed by atoms with Crippen molar-refractivity contribution in [3.8, 4) is 5.88 Å². The molecule has 1 rings (SSSR count). The minimum atomic E-state index is -0.0168. The first kappa shape index (κ1) is 11.3. The molecule has 0 bridgehead atoms. The highest BCUT2D eigenvalue weighted by atomic mass is 35.5. The summed E-state index contributed by atoms with van der Waals surface area (Å²) in [6, 6.07) is 3.74. The summed E-state index contributed by atoms with van der Waals surface area (Å²) in [5.74, 6) is 0.995. The minimum absolute atomic E-state index is 0.0168. The fourth-order valence-electron chi connectivity index (χ4n) is 1.09. The maximum Gasteiger partial charge on any atom is 0.218 e. The predicted molar refractivity (Wildman–Crippen MR) is 55.8 cm³/mol. The number of hydrogen-bond acceptors (Lipinski definition) is 3. The average Bonchev–Trinajstić information content (AvgIpc) is 2.19. The zero-order valence-electron chi connectivity index (χ0n) is 8.37. The van der Waals surface area contributed by atoms with E-state index in [9.17, 15) is 0 Å². The summed E-state index contributed by atoms with van der Waals surface area (Å²) in [7, 11) is 1.64. The Hall–Kier alpha value is -0.800. The number of rotatable bonds is 5. The summed E-state index contributed by atoms with van der Waals surface area (Å²) in [6.07, 6.45) is 1.67. The molecule has 0 fully saturated rings. The van der Waals surface area contributed by atoms with E-state index in [1.807, 2.05) is 19.1 Å². The summed E-state index contributed by atoms with van der Waals surface area (Å²) >= 11 is 5.74. The van der Waals surface area contributed by atoms with E-state index >= 15 is 0 Å². The summed E-state index contributed by atoms with van der Waals surface area (Å²) in [5, 5.41) is 0. The Bertz CT molecular complexity index is 281. The van der Waals surface area contributed by atoms with Crippen LogP contribution >= 0.6 is 11.6 Å². The number of halogens is 1. The highest BCUT2D eigenvalue weighted by Gasteiger charge is 2.07. The second kappa shape index (κ2) is 5.83. The molecular weight excluding hydrogens is 202 g/mol. The number of ether oxygens (including phenoxy) is 2. The zero-order valence-corrected chi connectivity index (χ0v) is 9.12. The quantitative estimate of drug-likeness (QED) is 0.706. The molecule has 3 nitrogen and oxygen atoms in total. The van der Waals surface area contributed by atoms with Gasteiger partial charge in [-0.2, -0.15) is 0 Å². The van der Waals surface area contributed by atoms with Crippen LogP contribution in [0.25, 0.3) is 0 Å². The maximum atomic E-state index is 5.74. The number of nitrogens with zero attached hydrogens (tertiary/aromatic N) is 1. The highest BCUT2D eigenvalue weighted by Crippen LogP contribution is 2.17. The number of aromatic nitrogens is 1. The van der Waals surface area contributed by atoms with E-state index < -0.39 is 0 Å². The maximum absolute atomic E-state index is 5.74. The molecule has 1 atom stereocenters. The summed E-state index contributed by atoms with van der Waals surface area (Å²) in [4.78, 5) is 4.11. The smallest absolute Gasteiger partial charge is 0.218 e. The lowest BCUT2D eigenvalue weighted by Crippen LogP contribution is -2.19. The van der Waals surface area contributed by atoms with Gasteiger partial charge < -0.3 is 9.47 Å². The Morgan fingerprint density at radius 2 is 2.36 bits per heavy atom. The minimum Gasteiger partial charge on any atom is -0.472 e. The van der Waals surface area contributed by atoms with E-state index in [0.29, 0.717) is 18.4 Å². The molecule has 1 aromatic heterocycles. The molecule has 78 valence electrons. The van der Waals surface area contributed by atoms with Gasteiger partial charge in [0.15, 0.2) is 0 Å². The molecule has 0 aliphatic carbocycles. The van der Waals surface area contributed by atoms with Crippen LogP contribution in [0.15, 0.2) is 18.3 Å². The molecule has 0 radical (unpaired) electrons. The molecule has 0 saturated heterocycles. The second-order valence-electron chi connectivity index (χ2n) is 2.99. The Balaban J connectivity index is 2.65. The van der Waals surface area contributed by atoms with Gasteiger partial charge in [0.05, 0.1) is 12.5 Å². The lowest BCUT2D eigenvalue weighted by atomic mass is 10.3. The van der Waals surface area contributed by atoms with E-state index in [2.05, 4.69) is 4.98 Å². The Kier molecular flexibility index (Phi) is 4.70. The van der Waals surface area contributed by atoms with Crippen LogP contribution in [0.1, 0.15) is 12.5 Å². The molecule has 0 aliphatic heterocycles. The normalized spacial score (nSPS) is 12.5. The molecule has 1 heterocycles. The fraction of sp³-hybridized carbons (Fsp3) is 0.500. The van der Waals surface area contributed by atoms with Gasteiger partial charge in [-0.25, -0.2) is 4.98 Å². The van der Waals surface area contributed by atoms with Crippen molar-refractivity contribution in [3.63, 3.8) is 0 Å². The van der Waals surface area contributed by atoms with Gasteiger partial charge in [-0.1, -0.05) is 6.07 Å². The molecule has 0 aliphatic rings. The Morgan fingerprint density at radius 1 is 1.57 bits per heavy atom. The summed E-state index contributed by atoms with van der Waals surface area (Å²) in [5.41, 5.74) is 0.900. The van der Waals surface area contributed by atoms with Crippen molar-refractivity contribution in [2.75, 3.05) is 13.7 Å². The van der Waals surface area contributed by atoms with Gasteiger partial charge in [0, 0.05) is 18.9 Å². The first-order valence-electron chi connectivity index (χ1n) is 4.43. The number of methoxy groups -OCH3 is 1. The fourth-order valence-corrected chi connectivity index (χ4v) is 1.29. The van der Waals surface area contributed by atoms with Crippen molar-refractivity contribution in [1.82, 2.24) is 4.98 Å². The van der Waals surface area contributed by atoms with Gasteiger partial charge in [0.1, 0.15) is 6.10 Å². The molecule has 0 aromatic carbocycles. The van der Waals surface area contributed by atoms with Crippen LogP contribution in [0, 0.1) is 0 Å². The van der Waals surface area contributed by atoms with Crippen LogP contribution in [0.4, 0.5) is 0 Å². The lowest BCUT2D eigenvalue weighted by Gasteiger charge is -2.14. The largest absolute Gasteiger partial charge is 0.472 e. The molecule has 0 spiro atoms. The van der Waals surface area contributed by atoms with Crippen molar-refractivity contribution >= 4 is 11.6 Å². The van der Waals surface area contributed by atoms with Gasteiger partial charge in [0.2, 0.25) is 5.88 Å². The molecular formula is C10H14ClNO2. The predicted octanol–water partition coefficient (Wildman–Crippen LogP) is 2.23. The van der Waals surface area contributed by atoms with E-state index in [1.54, 1.807) is 13.3 Å². The van der Waals surface area contributed by atoms with E-state index in [0.717, 1.165) is 5.56 Å². The van der Waals surface area contributed by atoms with Crippen molar-refractivity contribution in [1.29, 1.82) is 0 Å². The first-order chi connectivity index (χ1) is 6.77. The standard InChI is InChI=1S/C10H14ClNO2/c1-8(7-13-2)14-10-9(6-11)4-3-5-12-10/h3-5,8H,6-7H2,1-2H3. The van der Waals surface area contributed by atoms with Crippen molar-refractivity contribution in [3.05, 3.63) is 23.9 Å². The third kappa shape index (κ3) is 3.16. The molecule has 4 heteroatoms. The monoisotopic (exact) mass is 215 g/mol. The van der Waals surface area contributed by atoms with Crippen molar-refractivity contribution < 1.29 is 9.47 Å². The number of hydrogen-bond donors (Lipinski definition) is 0. The van der Waals surface area contributed by atoms with Crippen LogP contribution in [-0.4, -0.2) is 24.8 Å². The van der Waals surface area contributed by atoms with Crippen molar-refractivity contribution in [2.24, 2.45) is 0 Å². The van der Waals surface area contributed by atoms with E-state index in [1.165, 1.54) is 0 Å². The van der Waals surface area contributed by atoms with Crippen LogP contribution in [-0.2, 0) is 10.6 Å². The topological polar surface area (TPSA) is 31.4 Å². The van der Waals surface area contributed by atoms with Gasteiger partial charge in [-0.05, 0) is 13.0 Å². The van der Waals surface area contributed by atoms with Crippen molar-refractivity contribution in [2.45, 2.75) is 18.9 Å². The van der Waals surface area contributed by atoms with Gasteiger partial charge in [-0.15, -0.1) is 11.6 Å². The number of alkyl halides is 1. The Labute approximate surface area is 89.0 Å². The molecule has 0 N–H and O–H groups in total. The van der Waals surface area contributed by atoms with Crippen LogP contribution in [0.3, 0.4) is 0 Å². The first-order valence-corrected chi connectivity index (χ1v) is 4.96. The number of pyridine rings is 1. The molecule has 0 amide bonds. The van der Waals surface area contributed by atoms with E-state index in [4.69, 9.17) is 21.1 Å². The molecule has 14 heavy (non-hydrogen) atoms. The average molecular weight is 216 g/mol. The summed E-state index contributed by atoms with van der Waals surface area (Å²) in [6.45, 7) is 2.47. The second-order valence-corrected chi connectivity index (χ2v) is 3.25. The van der Waals surface area contributed by atoms with Gasteiger partial charge >= 0.3 is 0 Å². The molecule has 1 aromatic rings. The third-order valence-corrected chi connectivity index (χ3v) is 2.00. The van der Waals surface area contributed by atoms with E-state index in [-0.39, 0.29) is 6.10 Å². The highest BCUT2D eigenvalue weighted by molar-refractivity contribution is 6.17. The molecule has 1 unspecified atom stereocenters. The third-order valence-electron chi connectivity index (χ3n) is 1.71. The van der Waals surface area contributed by atoms with Gasteiger partial charge in [-0.3, -0.25) is 0 Å². The Morgan fingerprint density at radius 3 is 3.00 bits per heavy atom. The lowest BCUT2D eigenvalue weighted by molar-refractivity contribution is 0.0884. The molecule has 0 saturated carbocycles. The summed E-state index contributed by atoms with van der Waals surface area (Å²) < 4.78 is 10.5. The van der Waals surface area contributed by atoms with Crippen LogP contribution in [0.5, 0.6) is 5.88 Å². The van der Waals surface area contributed by atoms with Crippen LogP contribution in [0.2, 0.25) is 0 Å². The van der Waals surface area contributed by atoms with Crippen LogP contribution < -0.4 is 4.74 Å². The van der Waals surface area contributed by atoms with Gasteiger partial charge in [0.25, 0.3) is 0 Å². The zero-order chi connectivity index (χ0) is 10.4. The SMILES string of the molecule is COCC(C)Oc1ncccc1CCl.